The summed E-state index contributed by atoms with van der Waals surface area (Å²) >= 11 is 0. The Morgan fingerprint density at radius 1 is 1.33 bits per heavy atom. The normalized spacial score (nSPS) is 15.7. The lowest BCUT2D eigenvalue weighted by molar-refractivity contribution is 0.348. The molecule has 0 aliphatic rings. The van der Waals surface area contributed by atoms with E-state index in [1.807, 2.05) is 6.92 Å². The molecule has 56 valence electrons. The molecule has 0 aromatic carbocycles. The lowest BCUT2D eigenvalue weighted by atomic mass is 10.1. The number of hydrogen-bond acceptors (Lipinski definition) is 4. The Balaban J connectivity index is 3.59. The SMILES string of the molecule is CCCC(N)C(N)(N)N. The van der Waals surface area contributed by atoms with Gasteiger partial charge in [0, 0.05) is 6.04 Å². The minimum Gasteiger partial charge on any atom is -0.324 e. The van der Waals surface area contributed by atoms with Crippen LogP contribution in [-0.4, -0.2) is 11.8 Å². The summed E-state index contributed by atoms with van der Waals surface area (Å²) in [6.07, 6.45) is 1.72. The van der Waals surface area contributed by atoms with E-state index in [0.717, 1.165) is 12.8 Å². The van der Waals surface area contributed by atoms with E-state index in [-0.39, 0.29) is 6.04 Å². The Labute approximate surface area is 55.6 Å². The lowest BCUT2D eigenvalue weighted by Gasteiger charge is -2.25. The molecule has 9 heavy (non-hydrogen) atoms. The molecule has 8 N–H and O–H groups in total. The third-order valence-corrected chi connectivity index (χ3v) is 1.24. The third-order valence-electron chi connectivity index (χ3n) is 1.24. The number of nitrogens with two attached hydrogens (primary N) is 4. The second-order valence-corrected chi connectivity index (χ2v) is 2.40. The van der Waals surface area contributed by atoms with E-state index in [2.05, 4.69) is 0 Å². The smallest absolute Gasteiger partial charge is 0.131 e. The zero-order chi connectivity index (χ0) is 7.49. The maximum absolute atomic E-state index is 5.49. The maximum atomic E-state index is 5.49. The Morgan fingerprint density at radius 2 is 1.78 bits per heavy atom. The second-order valence-electron chi connectivity index (χ2n) is 2.40. The van der Waals surface area contributed by atoms with Gasteiger partial charge in [0.2, 0.25) is 0 Å². The quantitative estimate of drug-likeness (QED) is 0.356. The van der Waals surface area contributed by atoms with Crippen LogP contribution in [0.5, 0.6) is 0 Å². The average molecular weight is 132 g/mol. The molecule has 0 spiro atoms. The van der Waals surface area contributed by atoms with Crippen LogP contribution in [0.3, 0.4) is 0 Å². The molecule has 4 nitrogen and oxygen atoms in total. The zero-order valence-corrected chi connectivity index (χ0v) is 5.80. The fraction of sp³-hybridized carbons (Fsp3) is 1.00. The summed E-state index contributed by atoms with van der Waals surface area (Å²) in [6, 6.07) is -0.303. The summed E-state index contributed by atoms with van der Waals surface area (Å²) < 4.78 is 0. The molecule has 1 atom stereocenters. The van der Waals surface area contributed by atoms with Crippen molar-refractivity contribution in [3.8, 4) is 0 Å². The van der Waals surface area contributed by atoms with E-state index in [1.165, 1.54) is 0 Å². The van der Waals surface area contributed by atoms with E-state index < -0.39 is 5.79 Å². The zero-order valence-electron chi connectivity index (χ0n) is 5.80. The van der Waals surface area contributed by atoms with Crippen LogP contribution >= 0.6 is 0 Å². The van der Waals surface area contributed by atoms with Gasteiger partial charge in [-0.2, -0.15) is 0 Å². The minimum absolute atomic E-state index is 0.303. The first-order valence-electron chi connectivity index (χ1n) is 3.10. The fourth-order valence-electron chi connectivity index (χ4n) is 0.561. The highest BCUT2D eigenvalue weighted by Gasteiger charge is 2.20. The van der Waals surface area contributed by atoms with Gasteiger partial charge in [0.1, 0.15) is 5.79 Å². The molecular weight excluding hydrogens is 116 g/mol. The first-order chi connectivity index (χ1) is 3.98. The van der Waals surface area contributed by atoms with Crippen molar-refractivity contribution in [2.75, 3.05) is 0 Å². The first-order valence-corrected chi connectivity index (χ1v) is 3.10. The van der Waals surface area contributed by atoms with Crippen molar-refractivity contribution in [2.24, 2.45) is 22.9 Å². The van der Waals surface area contributed by atoms with Gasteiger partial charge >= 0.3 is 0 Å². The van der Waals surface area contributed by atoms with Crippen LogP contribution < -0.4 is 22.9 Å². The Morgan fingerprint density at radius 3 is 1.89 bits per heavy atom. The van der Waals surface area contributed by atoms with Gasteiger partial charge < -0.3 is 5.73 Å². The van der Waals surface area contributed by atoms with Crippen molar-refractivity contribution in [2.45, 2.75) is 31.6 Å². The van der Waals surface area contributed by atoms with E-state index in [4.69, 9.17) is 22.9 Å². The van der Waals surface area contributed by atoms with Crippen molar-refractivity contribution in [3.05, 3.63) is 0 Å². The van der Waals surface area contributed by atoms with Crippen LogP contribution in [0.1, 0.15) is 19.8 Å². The lowest BCUT2D eigenvalue weighted by Crippen LogP contribution is -2.68. The fourth-order valence-corrected chi connectivity index (χ4v) is 0.561. The molecule has 0 amide bonds. The molecule has 0 aromatic rings. The van der Waals surface area contributed by atoms with Gasteiger partial charge in [-0.1, -0.05) is 13.3 Å². The number of hydrogen-bond donors (Lipinski definition) is 4. The van der Waals surface area contributed by atoms with Crippen LogP contribution in [-0.2, 0) is 0 Å². The van der Waals surface area contributed by atoms with Crippen LogP contribution in [0.25, 0.3) is 0 Å². The van der Waals surface area contributed by atoms with Gasteiger partial charge in [0.05, 0.1) is 0 Å². The molecule has 0 saturated heterocycles. The molecule has 0 fully saturated rings. The summed E-state index contributed by atoms with van der Waals surface area (Å²) in [5, 5.41) is 0. The van der Waals surface area contributed by atoms with Gasteiger partial charge in [0.15, 0.2) is 0 Å². The van der Waals surface area contributed by atoms with Gasteiger partial charge in [-0.15, -0.1) is 0 Å². The highest BCUT2D eigenvalue weighted by atomic mass is 15.2. The molecule has 0 aliphatic carbocycles. The van der Waals surface area contributed by atoms with Crippen molar-refractivity contribution < 1.29 is 0 Å². The predicted octanol–water partition coefficient (Wildman–Crippen LogP) is -1.36. The van der Waals surface area contributed by atoms with E-state index in [1.54, 1.807) is 0 Å². The van der Waals surface area contributed by atoms with Gasteiger partial charge in [-0.25, -0.2) is 0 Å². The van der Waals surface area contributed by atoms with Crippen molar-refractivity contribution in [3.63, 3.8) is 0 Å². The van der Waals surface area contributed by atoms with Gasteiger partial charge in [-0.05, 0) is 6.42 Å². The molecule has 0 radical (unpaired) electrons. The number of rotatable bonds is 3. The van der Waals surface area contributed by atoms with E-state index in [0.29, 0.717) is 0 Å². The molecule has 1 unspecified atom stereocenters. The van der Waals surface area contributed by atoms with Crippen LogP contribution in [0.15, 0.2) is 0 Å². The van der Waals surface area contributed by atoms with Crippen molar-refractivity contribution >= 4 is 0 Å². The predicted molar refractivity (Wildman–Crippen MR) is 38.2 cm³/mol. The summed E-state index contributed by atoms with van der Waals surface area (Å²) in [7, 11) is 0. The largest absolute Gasteiger partial charge is 0.324 e. The highest BCUT2D eigenvalue weighted by Crippen LogP contribution is 1.97. The van der Waals surface area contributed by atoms with Crippen molar-refractivity contribution in [1.82, 2.24) is 0 Å². The summed E-state index contributed by atoms with van der Waals surface area (Å²) in [5.74, 6) is -1.21. The topological polar surface area (TPSA) is 104 Å². The Kier molecular flexibility index (Phi) is 3.07. The third kappa shape index (κ3) is 3.42. The minimum atomic E-state index is -1.21. The average Bonchev–Trinajstić information content (AvgIpc) is 1.64. The van der Waals surface area contributed by atoms with Crippen LogP contribution in [0.4, 0.5) is 0 Å². The molecule has 0 bridgehead atoms. The molecule has 0 saturated carbocycles. The van der Waals surface area contributed by atoms with Crippen molar-refractivity contribution in [1.29, 1.82) is 0 Å². The van der Waals surface area contributed by atoms with Gasteiger partial charge in [0.25, 0.3) is 0 Å². The van der Waals surface area contributed by atoms with Gasteiger partial charge in [-0.3, -0.25) is 17.2 Å². The van der Waals surface area contributed by atoms with Crippen LogP contribution in [0.2, 0.25) is 0 Å². The summed E-state index contributed by atoms with van der Waals surface area (Å²) in [4.78, 5) is 0. The molecule has 0 rings (SSSR count). The Bertz CT molecular complexity index is 75.5. The monoisotopic (exact) mass is 132 g/mol. The summed E-state index contributed by atoms with van der Waals surface area (Å²) in [5.41, 5.74) is 21.4. The molecule has 0 aliphatic heterocycles. The molecule has 0 aromatic heterocycles. The Hall–Kier alpha value is -0.160. The first kappa shape index (κ1) is 8.84. The molecular formula is C5H16N4. The summed E-state index contributed by atoms with van der Waals surface area (Å²) in [6.45, 7) is 2.01. The standard InChI is InChI=1S/C5H16N4/c1-2-3-4(6)5(7,8)9/h4H,2-3,6-9H2,1H3. The second kappa shape index (κ2) is 3.12. The maximum Gasteiger partial charge on any atom is 0.131 e. The molecule has 4 heteroatoms. The highest BCUT2D eigenvalue weighted by molar-refractivity contribution is 4.81. The molecule has 0 heterocycles. The van der Waals surface area contributed by atoms with E-state index in [9.17, 15) is 0 Å². The van der Waals surface area contributed by atoms with Crippen LogP contribution in [0, 0.1) is 0 Å². The van der Waals surface area contributed by atoms with E-state index >= 15 is 0 Å².